The summed E-state index contributed by atoms with van der Waals surface area (Å²) >= 11 is 0. The second-order valence-electron chi connectivity index (χ2n) is 5.75. The van der Waals surface area contributed by atoms with Gasteiger partial charge in [0.25, 0.3) is 11.4 Å². The Bertz CT molecular complexity index is 635. The van der Waals surface area contributed by atoms with Crippen molar-refractivity contribution in [2.75, 3.05) is 18.0 Å². The van der Waals surface area contributed by atoms with E-state index in [9.17, 15) is 33.4 Å². The molecule has 1 aliphatic heterocycles. The number of piperazine rings is 1. The molecule has 24 heavy (non-hydrogen) atoms. The molecule has 1 fully saturated rings. The first-order valence-electron chi connectivity index (χ1n) is 7.05. The Hall–Kier alpha value is -2.43. The Morgan fingerprint density at radius 1 is 1.08 bits per heavy atom. The molecule has 2 atom stereocenters. The average molecular weight is 348 g/mol. The van der Waals surface area contributed by atoms with Gasteiger partial charge >= 0.3 is 6.18 Å². The van der Waals surface area contributed by atoms with Crippen LogP contribution >= 0.6 is 0 Å². The second-order valence-corrected chi connectivity index (χ2v) is 5.75. The molecule has 132 valence electrons. The van der Waals surface area contributed by atoms with Crippen LogP contribution in [0.4, 0.5) is 30.2 Å². The number of hydrogen-bond donors (Lipinski definition) is 1. The largest absolute Gasteiger partial charge is 0.416 e. The van der Waals surface area contributed by atoms with Crippen molar-refractivity contribution in [1.29, 1.82) is 0 Å². The van der Waals surface area contributed by atoms with Crippen molar-refractivity contribution < 1.29 is 23.0 Å². The van der Waals surface area contributed by atoms with Crippen LogP contribution < -0.4 is 10.2 Å². The quantitative estimate of drug-likeness (QED) is 0.666. The minimum Gasteiger partial charge on any atom is -0.357 e. The zero-order chi connectivity index (χ0) is 18.2. The van der Waals surface area contributed by atoms with Crippen molar-refractivity contribution in [2.24, 2.45) is 0 Å². The van der Waals surface area contributed by atoms with Gasteiger partial charge in [0.05, 0.1) is 15.4 Å². The van der Waals surface area contributed by atoms with E-state index in [2.05, 4.69) is 5.32 Å². The first kappa shape index (κ1) is 17.9. The van der Waals surface area contributed by atoms with E-state index in [1.165, 1.54) is 4.90 Å². The maximum atomic E-state index is 12.9. The van der Waals surface area contributed by atoms with E-state index in [4.69, 9.17) is 0 Å². The molecule has 1 N–H and O–H groups in total. The van der Waals surface area contributed by atoms with E-state index in [-0.39, 0.29) is 25.2 Å². The summed E-state index contributed by atoms with van der Waals surface area (Å²) in [6.07, 6.45) is -4.92. The van der Waals surface area contributed by atoms with E-state index in [1.807, 2.05) is 0 Å². The Morgan fingerprint density at radius 3 is 1.83 bits per heavy atom. The predicted octanol–water partition coefficient (Wildman–Crippen LogP) is 2.71. The fourth-order valence-electron chi connectivity index (χ4n) is 2.88. The van der Waals surface area contributed by atoms with E-state index >= 15 is 0 Å². The Kier molecular flexibility index (Phi) is 4.65. The molecule has 0 radical (unpaired) electrons. The van der Waals surface area contributed by atoms with Gasteiger partial charge in [0, 0.05) is 37.3 Å². The summed E-state index contributed by atoms with van der Waals surface area (Å²) in [4.78, 5) is 21.9. The Morgan fingerprint density at radius 2 is 1.50 bits per heavy atom. The summed E-state index contributed by atoms with van der Waals surface area (Å²) in [5, 5.41) is 25.7. The smallest absolute Gasteiger partial charge is 0.357 e. The van der Waals surface area contributed by atoms with Crippen molar-refractivity contribution in [1.82, 2.24) is 5.32 Å². The number of rotatable bonds is 3. The lowest BCUT2D eigenvalue weighted by Crippen LogP contribution is -2.54. The summed E-state index contributed by atoms with van der Waals surface area (Å²) in [6, 6.07) is 0.435. The molecule has 1 saturated heterocycles. The van der Waals surface area contributed by atoms with Crippen LogP contribution in [0.5, 0.6) is 0 Å². The van der Waals surface area contributed by atoms with Crippen LogP contribution in [0.1, 0.15) is 19.4 Å². The van der Waals surface area contributed by atoms with Gasteiger partial charge in [-0.15, -0.1) is 0 Å². The van der Waals surface area contributed by atoms with Crippen molar-refractivity contribution in [3.63, 3.8) is 0 Å². The van der Waals surface area contributed by atoms with E-state index in [1.54, 1.807) is 13.8 Å². The SMILES string of the molecule is C[C@@H]1CN(c2c([N+](=O)[O-])cc(C(F)(F)F)cc2[N+](=O)[O-])C[C@@H](C)N1. The van der Waals surface area contributed by atoms with Crippen molar-refractivity contribution in [3.8, 4) is 0 Å². The molecule has 0 aliphatic carbocycles. The number of anilines is 1. The molecule has 0 saturated carbocycles. The molecule has 1 aliphatic rings. The zero-order valence-corrected chi connectivity index (χ0v) is 12.8. The lowest BCUT2D eigenvalue weighted by Gasteiger charge is -2.37. The molecule has 2 rings (SSSR count). The van der Waals surface area contributed by atoms with Gasteiger partial charge in [-0.3, -0.25) is 20.2 Å². The maximum absolute atomic E-state index is 12.9. The summed E-state index contributed by atoms with van der Waals surface area (Å²) in [5.41, 5.74) is -3.64. The summed E-state index contributed by atoms with van der Waals surface area (Å²) in [6.45, 7) is 3.98. The highest BCUT2D eigenvalue weighted by atomic mass is 19.4. The number of alkyl halides is 3. The molecule has 0 amide bonds. The molecular weight excluding hydrogens is 333 g/mol. The number of nitro groups is 2. The van der Waals surface area contributed by atoms with Gasteiger partial charge in [-0.2, -0.15) is 13.2 Å². The molecule has 0 unspecified atom stereocenters. The van der Waals surface area contributed by atoms with Crippen LogP contribution in [0.25, 0.3) is 0 Å². The van der Waals surface area contributed by atoms with Crippen molar-refractivity contribution >= 4 is 17.1 Å². The number of benzene rings is 1. The van der Waals surface area contributed by atoms with Crippen LogP contribution in [-0.2, 0) is 6.18 Å². The zero-order valence-electron chi connectivity index (χ0n) is 12.8. The highest BCUT2D eigenvalue weighted by Gasteiger charge is 2.40. The van der Waals surface area contributed by atoms with Gasteiger partial charge in [0.15, 0.2) is 5.69 Å². The molecular formula is C13H15F3N4O4. The van der Waals surface area contributed by atoms with Gasteiger partial charge in [0.1, 0.15) is 0 Å². The predicted molar refractivity (Wildman–Crippen MR) is 79.0 cm³/mol. The topological polar surface area (TPSA) is 102 Å². The van der Waals surface area contributed by atoms with Crippen LogP contribution in [-0.4, -0.2) is 35.0 Å². The Balaban J connectivity index is 2.68. The minimum atomic E-state index is -4.92. The van der Waals surface area contributed by atoms with Gasteiger partial charge in [-0.05, 0) is 13.8 Å². The highest BCUT2D eigenvalue weighted by molar-refractivity contribution is 5.76. The van der Waals surface area contributed by atoms with Gasteiger partial charge in [-0.1, -0.05) is 0 Å². The lowest BCUT2D eigenvalue weighted by atomic mass is 10.1. The van der Waals surface area contributed by atoms with Crippen LogP contribution in [0, 0.1) is 20.2 Å². The number of hydrogen-bond acceptors (Lipinski definition) is 6. The van der Waals surface area contributed by atoms with Crippen molar-refractivity contribution in [2.45, 2.75) is 32.1 Å². The fraction of sp³-hybridized carbons (Fsp3) is 0.538. The van der Waals surface area contributed by atoms with E-state index < -0.39 is 38.6 Å². The number of halogens is 3. The molecule has 0 spiro atoms. The molecule has 11 heteroatoms. The molecule has 8 nitrogen and oxygen atoms in total. The molecule has 1 aromatic carbocycles. The maximum Gasteiger partial charge on any atom is 0.416 e. The normalized spacial score (nSPS) is 21.6. The van der Waals surface area contributed by atoms with Crippen LogP contribution in [0.2, 0.25) is 0 Å². The summed E-state index contributed by atoms with van der Waals surface area (Å²) in [7, 11) is 0. The monoisotopic (exact) mass is 348 g/mol. The summed E-state index contributed by atoms with van der Waals surface area (Å²) < 4.78 is 38.7. The number of nitrogens with one attached hydrogen (secondary N) is 1. The molecule has 1 aromatic rings. The highest BCUT2D eigenvalue weighted by Crippen LogP contribution is 2.43. The first-order valence-corrected chi connectivity index (χ1v) is 7.05. The minimum absolute atomic E-state index is 0.129. The molecule has 1 heterocycles. The van der Waals surface area contributed by atoms with E-state index in [0.717, 1.165) is 0 Å². The molecule has 0 aromatic heterocycles. The third-order valence-corrected chi connectivity index (χ3v) is 3.66. The van der Waals surface area contributed by atoms with Gasteiger partial charge in [-0.25, -0.2) is 0 Å². The van der Waals surface area contributed by atoms with Crippen molar-refractivity contribution in [3.05, 3.63) is 37.9 Å². The van der Waals surface area contributed by atoms with Crippen LogP contribution in [0.3, 0.4) is 0 Å². The fourth-order valence-corrected chi connectivity index (χ4v) is 2.88. The van der Waals surface area contributed by atoms with Crippen LogP contribution in [0.15, 0.2) is 12.1 Å². The average Bonchev–Trinajstić information content (AvgIpc) is 2.43. The summed E-state index contributed by atoms with van der Waals surface area (Å²) in [5.74, 6) is 0. The number of nitro benzene ring substituents is 2. The standard InChI is InChI=1S/C13H15F3N4O4/c1-7-5-18(6-8(2)17-7)12-10(19(21)22)3-9(13(14,15)16)4-11(12)20(23)24/h3-4,7-8,17H,5-6H2,1-2H3/t7-,8-/m1/s1. The number of nitrogens with zero attached hydrogens (tertiary/aromatic N) is 3. The second kappa shape index (κ2) is 6.23. The van der Waals surface area contributed by atoms with E-state index in [0.29, 0.717) is 12.1 Å². The van der Waals surface area contributed by atoms with Gasteiger partial charge < -0.3 is 10.2 Å². The Labute approximate surface area is 134 Å². The third-order valence-electron chi connectivity index (χ3n) is 3.66. The lowest BCUT2D eigenvalue weighted by molar-refractivity contribution is -0.393. The molecule has 0 bridgehead atoms. The third kappa shape index (κ3) is 3.55. The first-order chi connectivity index (χ1) is 11.0. The van der Waals surface area contributed by atoms with Gasteiger partial charge in [0.2, 0.25) is 0 Å².